The molecule has 0 aliphatic carbocycles. The maximum absolute atomic E-state index is 14.2. The number of benzene rings is 2. The van der Waals surface area contributed by atoms with Crippen molar-refractivity contribution in [2.24, 2.45) is 5.73 Å². The minimum Gasteiger partial charge on any atom is -0.482 e. The second kappa shape index (κ2) is 21.2. The number of rotatable bonds is 22. The number of carbonyl (C=O) groups excluding carboxylic acids is 3. The van der Waals surface area contributed by atoms with Crippen molar-refractivity contribution in [3.63, 3.8) is 0 Å². The van der Waals surface area contributed by atoms with Gasteiger partial charge in [-0.25, -0.2) is 18.4 Å². The summed E-state index contributed by atoms with van der Waals surface area (Å²) in [6.07, 6.45) is -0.474. The van der Waals surface area contributed by atoms with Crippen LogP contribution in [0.1, 0.15) is 32.8 Å². The van der Waals surface area contributed by atoms with Crippen molar-refractivity contribution in [1.29, 1.82) is 0 Å². The van der Waals surface area contributed by atoms with Crippen LogP contribution in [0, 0.1) is 23.3 Å². The van der Waals surface area contributed by atoms with E-state index in [9.17, 15) is 31.9 Å². The second-order valence-electron chi connectivity index (χ2n) is 11.0. The standard InChI is InChI=1S/C32H42F4N2O10/c1-32(2,3)48-27(40)20-46-22-6-4-21(5-7-22)18-25(31(41)47-30-28(35)23(33)19-24(34)29(30)36)38-26(39)8-10-42-12-14-44-16-17-45-15-13-43-11-9-37/h4-7,19,25H,8-18,20,37H2,1-3H3,(H,38,39). The SMILES string of the molecule is CC(C)(C)OC(=O)COc1ccc(CC(NC(=O)CCOCCOCCOCCOCCN)C(=O)Oc2c(F)c(F)cc(F)c2F)cc1. The summed E-state index contributed by atoms with van der Waals surface area (Å²) in [7, 11) is 0. The molecule has 3 N–H and O–H groups in total. The maximum atomic E-state index is 14.2. The third kappa shape index (κ3) is 15.8. The second-order valence-corrected chi connectivity index (χ2v) is 11.0. The van der Waals surface area contributed by atoms with Crippen LogP contribution < -0.4 is 20.5 Å². The molecule has 1 unspecified atom stereocenters. The summed E-state index contributed by atoms with van der Waals surface area (Å²) in [5.41, 5.74) is 5.04. The van der Waals surface area contributed by atoms with Crippen molar-refractivity contribution in [1.82, 2.24) is 5.32 Å². The van der Waals surface area contributed by atoms with E-state index >= 15 is 0 Å². The summed E-state index contributed by atoms with van der Waals surface area (Å²) in [6.45, 7) is 7.47. The number of amides is 1. The van der Waals surface area contributed by atoms with Crippen LogP contribution in [0.25, 0.3) is 0 Å². The van der Waals surface area contributed by atoms with Crippen LogP contribution in [0.5, 0.6) is 11.5 Å². The zero-order chi connectivity index (χ0) is 35.5. The van der Waals surface area contributed by atoms with Gasteiger partial charge in [-0.1, -0.05) is 12.1 Å². The Balaban J connectivity index is 1.93. The lowest BCUT2D eigenvalue weighted by molar-refractivity contribution is -0.157. The number of nitrogens with one attached hydrogen (secondary N) is 1. The molecule has 0 bridgehead atoms. The molecule has 1 atom stereocenters. The molecule has 2 aromatic rings. The number of halogens is 4. The van der Waals surface area contributed by atoms with E-state index in [1.165, 1.54) is 24.3 Å². The Hall–Kier alpha value is -3.83. The summed E-state index contributed by atoms with van der Waals surface area (Å²) in [6, 6.07) is 4.39. The summed E-state index contributed by atoms with van der Waals surface area (Å²) in [5, 5.41) is 2.39. The normalized spacial score (nSPS) is 12.0. The van der Waals surface area contributed by atoms with E-state index in [0.717, 1.165) is 0 Å². The highest BCUT2D eigenvalue weighted by atomic mass is 19.2. The fraction of sp³-hybridized carbons (Fsp3) is 0.531. The molecule has 0 spiro atoms. The molecule has 2 rings (SSSR count). The summed E-state index contributed by atoms with van der Waals surface area (Å²) in [4.78, 5) is 37.5. The Bertz CT molecular complexity index is 1280. The monoisotopic (exact) mass is 690 g/mol. The van der Waals surface area contributed by atoms with Gasteiger partial charge in [0.05, 0.1) is 52.9 Å². The Morgan fingerprint density at radius 1 is 0.792 bits per heavy atom. The van der Waals surface area contributed by atoms with Crippen molar-refractivity contribution in [3.8, 4) is 11.5 Å². The van der Waals surface area contributed by atoms with Crippen molar-refractivity contribution in [2.45, 2.75) is 45.3 Å². The third-order valence-corrected chi connectivity index (χ3v) is 5.89. The van der Waals surface area contributed by atoms with Gasteiger partial charge >= 0.3 is 11.9 Å². The molecular formula is C32H42F4N2O10. The average Bonchev–Trinajstić information content (AvgIpc) is 3.02. The number of esters is 2. The molecule has 0 radical (unpaired) electrons. The number of ether oxygens (including phenoxy) is 7. The summed E-state index contributed by atoms with van der Waals surface area (Å²) in [5.74, 6) is -11.4. The zero-order valence-corrected chi connectivity index (χ0v) is 27.1. The van der Waals surface area contributed by atoms with E-state index in [2.05, 4.69) is 5.32 Å². The third-order valence-electron chi connectivity index (χ3n) is 5.89. The van der Waals surface area contributed by atoms with Crippen LogP contribution in [0.3, 0.4) is 0 Å². The molecular weight excluding hydrogens is 648 g/mol. The van der Waals surface area contributed by atoms with E-state index in [1.54, 1.807) is 20.8 Å². The Morgan fingerprint density at radius 2 is 1.31 bits per heavy atom. The summed E-state index contributed by atoms with van der Waals surface area (Å²) >= 11 is 0. The molecule has 16 heteroatoms. The van der Waals surface area contributed by atoms with Gasteiger partial charge in [-0.2, -0.15) is 8.78 Å². The molecule has 0 saturated carbocycles. The molecule has 1 amide bonds. The molecule has 0 aromatic heterocycles. The lowest BCUT2D eigenvalue weighted by Gasteiger charge is -2.20. The molecule has 0 fully saturated rings. The fourth-order valence-corrected chi connectivity index (χ4v) is 3.75. The van der Waals surface area contributed by atoms with Gasteiger partial charge in [0.25, 0.3) is 0 Å². The zero-order valence-electron chi connectivity index (χ0n) is 27.1. The quantitative estimate of drug-likeness (QED) is 0.0617. The molecule has 2 aromatic carbocycles. The van der Waals surface area contributed by atoms with E-state index < -0.39 is 58.5 Å². The fourth-order valence-electron chi connectivity index (χ4n) is 3.75. The van der Waals surface area contributed by atoms with Crippen molar-refractivity contribution in [3.05, 3.63) is 59.2 Å². The smallest absolute Gasteiger partial charge is 0.344 e. The Kier molecular flexibility index (Phi) is 17.8. The molecule has 0 heterocycles. The first-order chi connectivity index (χ1) is 22.8. The van der Waals surface area contributed by atoms with Crippen LogP contribution in [-0.4, -0.2) is 95.5 Å². The maximum Gasteiger partial charge on any atom is 0.344 e. The van der Waals surface area contributed by atoms with Gasteiger partial charge in [0.1, 0.15) is 17.4 Å². The van der Waals surface area contributed by atoms with Crippen LogP contribution in [-0.2, 0) is 44.5 Å². The van der Waals surface area contributed by atoms with E-state index in [0.29, 0.717) is 45.1 Å². The molecule has 48 heavy (non-hydrogen) atoms. The topological polar surface area (TPSA) is 154 Å². The van der Waals surface area contributed by atoms with E-state index in [1.807, 2.05) is 0 Å². The predicted octanol–water partition coefficient (Wildman–Crippen LogP) is 3.01. The molecule has 268 valence electrons. The van der Waals surface area contributed by atoms with Crippen molar-refractivity contribution in [2.75, 3.05) is 66.0 Å². The van der Waals surface area contributed by atoms with Crippen molar-refractivity contribution < 1.29 is 65.1 Å². The summed E-state index contributed by atoms with van der Waals surface area (Å²) < 4.78 is 92.3. The number of hydrogen-bond acceptors (Lipinski definition) is 11. The Labute approximate surface area is 276 Å². The van der Waals surface area contributed by atoms with Crippen LogP contribution in [0.4, 0.5) is 17.6 Å². The van der Waals surface area contributed by atoms with Crippen LogP contribution in [0.2, 0.25) is 0 Å². The lowest BCUT2D eigenvalue weighted by Crippen LogP contribution is -2.45. The minimum atomic E-state index is -1.92. The van der Waals surface area contributed by atoms with Gasteiger partial charge < -0.3 is 44.2 Å². The van der Waals surface area contributed by atoms with Gasteiger partial charge in [-0.15, -0.1) is 0 Å². The lowest BCUT2D eigenvalue weighted by atomic mass is 10.1. The highest BCUT2D eigenvalue weighted by Gasteiger charge is 2.29. The van der Waals surface area contributed by atoms with Crippen LogP contribution >= 0.6 is 0 Å². The van der Waals surface area contributed by atoms with Gasteiger partial charge in [-0.05, 0) is 38.5 Å². The highest BCUT2D eigenvalue weighted by molar-refractivity contribution is 5.86. The Morgan fingerprint density at radius 3 is 1.83 bits per heavy atom. The predicted molar refractivity (Wildman–Crippen MR) is 162 cm³/mol. The number of carbonyl (C=O) groups is 3. The number of nitrogens with two attached hydrogens (primary N) is 1. The largest absolute Gasteiger partial charge is 0.482 e. The first kappa shape index (κ1) is 40.3. The van der Waals surface area contributed by atoms with Gasteiger partial charge in [0.15, 0.2) is 18.2 Å². The van der Waals surface area contributed by atoms with E-state index in [-0.39, 0.29) is 51.1 Å². The highest BCUT2D eigenvalue weighted by Crippen LogP contribution is 2.27. The van der Waals surface area contributed by atoms with E-state index in [4.69, 9.17) is 38.9 Å². The van der Waals surface area contributed by atoms with Gasteiger partial charge in [0, 0.05) is 25.5 Å². The average molecular weight is 691 g/mol. The van der Waals surface area contributed by atoms with Crippen LogP contribution in [0.15, 0.2) is 30.3 Å². The molecule has 0 aliphatic rings. The van der Waals surface area contributed by atoms with Gasteiger partial charge in [0.2, 0.25) is 23.3 Å². The number of hydrogen-bond donors (Lipinski definition) is 2. The van der Waals surface area contributed by atoms with Crippen molar-refractivity contribution >= 4 is 17.8 Å². The van der Waals surface area contributed by atoms with Gasteiger partial charge in [-0.3, -0.25) is 4.79 Å². The minimum absolute atomic E-state index is 0.0337. The molecule has 0 saturated heterocycles. The molecule has 0 aliphatic heterocycles. The first-order valence-electron chi connectivity index (χ1n) is 15.1. The first-order valence-corrected chi connectivity index (χ1v) is 15.1. The molecule has 12 nitrogen and oxygen atoms in total.